The Morgan fingerprint density at radius 2 is 2.30 bits per heavy atom. The SMILES string of the molecule is NC(=O)[C@H]1CCCN(C(=O)c2ccnc3[nH]ncc23)C1. The van der Waals surface area contributed by atoms with Crippen molar-refractivity contribution in [2.75, 3.05) is 13.1 Å². The molecule has 1 saturated heterocycles. The van der Waals surface area contributed by atoms with Crippen molar-refractivity contribution >= 4 is 22.8 Å². The highest BCUT2D eigenvalue weighted by molar-refractivity contribution is 6.05. The smallest absolute Gasteiger partial charge is 0.254 e. The molecule has 0 aromatic carbocycles. The van der Waals surface area contributed by atoms with Gasteiger partial charge in [-0.25, -0.2) is 4.98 Å². The second-order valence-electron chi connectivity index (χ2n) is 4.98. The third kappa shape index (κ3) is 2.11. The van der Waals surface area contributed by atoms with E-state index in [0.717, 1.165) is 12.8 Å². The summed E-state index contributed by atoms with van der Waals surface area (Å²) < 4.78 is 0. The number of amides is 2. The first-order valence-electron chi connectivity index (χ1n) is 6.53. The zero-order chi connectivity index (χ0) is 14.1. The van der Waals surface area contributed by atoms with Crippen LogP contribution in [0.3, 0.4) is 0 Å². The highest BCUT2D eigenvalue weighted by Gasteiger charge is 2.28. The number of piperidine rings is 1. The van der Waals surface area contributed by atoms with Crippen molar-refractivity contribution in [3.8, 4) is 0 Å². The molecule has 2 aromatic heterocycles. The number of rotatable bonds is 2. The summed E-state index contributed by atoms with van der Waals surface area (Å²) in [5.41, 5.74) is 6.47. The van der Waals surface area contributed by atoms with Crippen LogP contribution < -0.4 is 5.73 Å². The highest BCUT2D eigenvalue weighted by Crippen LogP contribution is 2.21. The molecule has 3 N–H and O–H groups in total. The number of carbonyl (C=O) groups is 2. The molecular weight excluding hydrogens is 258 g/mol. The van der Waals surface area contributed by atoms with Crippen LogP contribution in [-0.4, -0.2) is 45.0 Å². The Morgan fingerprint density at radius 1 is 1.45 bits per heavy atom. The third-order valence-corrected chi connectivity index (χ3v) is 3.70. The van der Waals surface area contributed by atoms with Crippen molar-refractivity contribution < 1.29 is 9.59 Å². The van der Waals surface area contributed by atoms with E-state index in [2.05, 4.69) is 15.2 Å². The van der Waals surface area contributed by atoms with Crippen LogP contribution in [-0.2, 0) is 4.79 Å². The Hall–Kier alpha value is -2.44. The minimum absolute atomic E-state index is 0.107. The first-order chi connectivity index (χ1) is 9.66. The second kappa shape index (κ2) is 4.92. The van der Waals surface area contributed by atoms with Crippen molar-refractivity contribution in [3.63, 3.8) is 0 Å². The van der Waals surface area contributed by atoms with Gasteiger partial charge in [-0.15, -0.1) is 0 Å². The molecule has 0 aliphatic carbocycles. The number of primary amides is 1. The van der Waals surface area contributed by atoms with Gasteiger partial charge in [-0.05, 0) is 18.9 Å². The number of hydrogen-bond donors (Lipinski definition) is 2. The molecule has 1 aliphatic heterocycles. The molecule has 1 fully saturated rings. The predicted octanol–water partition coefficient (Wildman–Crippen LogP) is 0.295. The standard InChI is InChI=1S/C13H15N5O2/c14-11(19)8-2-1-5-18(7-8)13(20)9-3-4-15-12-10(9)6-16-17-12/h3-4,6,8H,1-2,5,7H2,(H2,14,19)(H,15,16,17)/t8-/m0/s1. The predicted molar refractivity (Wildman–Crippen MR) is 71.7 cm³/mol. The van der Waals surface area contributed by atoms with Gasteiger partial charge in [0.1, 0.15) is 0 Å². The number of nitrogens with one attached hydrogen (secondary N) is 1. The molecule has 104 valence electrons. The number of aromatic amines is 1. The maximum absolute atomic E-state index is 12.6. The van der Waals surface area contributed by atoms with Gasteiger partial charge >= 0.3 is 0 Å². The van der Waals surface area contributed by atoms with E-state index in [1.807, 2.05) is 0 Å². The molecule has 0 spiro atoms. The average molecular weight is 273 g/mol. The first-order valence-corrected chi connectivity index (χ1v) is 6.53. The highest BCUT2D eigenvalue weighted by atomic mass is 16.2. The van der Waals surface area contributed by atoms with E-state index >= 15 is 0 Å². The molecule has 0 unspecified atom stereocenters. The number of nitrogens with two attached hydrogens (primary N) is 1. The Labute approximate surface area is 115 Å². The summed E-state index contributed by atoms with van der Waals surface area (Å²) >= 11 is 0. The monoisotopic (exact) mass is 273 g/mol. The molecular formula is C13H15N5O2. The largest absolute Gasteiger partial charge is 0.369 e. The number of carbonyl (C=O) groups excluding carboxylic acids is 2. The molecule has 3 heterocycles. The topological polar surface area (TPSA) is 105 Å². The zero-order valence-corrected chi connectivity index (χ0v) is 10.9. The molecule has 2 aromatic rings. The van der Waals surface area contributed by atoms with E-state index in [1.165, 1.54) is 0 Å². The van der Waals surface area contributed by atoms with Gasteiger partial charge < -0.3 is 10.6 Å². The van der Waals surface area contributed by atoms with E-state index in [0.29, 0.717) is 29.7 Å². The van der Waals surface area contributed by atoms with Crippen LogP contribution in [0, 0.1) is 5.92 Å². The van der Waals surface area contributed by atoms with Crippen LogP contribution in [0.1, 0.15) is 23.2 Å². The molecule has 7 heteroatoms. The van der Waals surface area contributed by atoms with Gasteiger partial charge in [0.25, 0.3) is 5.91 Å². The van der Waals surface area contributed by atoms with E-state index in [-0.39, 0.29) is 17.7 Å². The Morgan fingerprint density at radius 3 is 3.10 bits per heavy atom. The number of hydrogen-bond acceptors (Lipinski definition) is 4. The van der Waals surface area contributed by atoms with Crippen LogP contribution in [0.15, 0.2) is 18.5 Å². The number of fused-ring (bicyclic) bond motifs is 1. The number of nitrogens with zero attached hydrogens (tertiary/aromatic N) is 3. The van der Waals surface area contributed by atoms with E-state index in [1.54, 1.807) is 23.4 Å². The van der Waals surface area contributed by atoms with Crippen molar-refractivity contribution in [2.24, 2.45) is 11.7 Å². The number of pyridine rings is 1. The summed E-state index contributed by atoms with van der Waals surface area (Å²) in [5.74, 6) is -0.704. The summed E-state index contributed by atoms with van der Waals surface area (Å²) in [6.45, 7) is 1.03. The van der Waals surface area contributed by atoms with Gasteiger partial charge in [-0.1, -0.05) is 0 Å². The molecule has 1 atom stereocenters. The van der Waals surface area contributed by atoms with E-state index in [4.69, 9.17) is 5.73 Å². The fourth-order valence-electron chi connectivity index (χ4n) is 2.60. The summed E-state index contributed by atoms with van der Waals surface area (Å²) in [6.07, 6.45) is 4.70. The average Bonchev–Trinajstić information content (AvgIpc) is 2.95. The van der Waals surface area contributed by atoms with Gasteiger partial charge in [0, 0.05) is 19.3 Å². The fraction of sp³-hybridized carbons (Fsp3) is 0.385. The molecule has 1 aliphatic rings. The maximum atomic E-state index is 12.6. The van der Waals surface area contributed by atoms with Gasteiger partial charge in [-0.3, -0.25) is 14.7 Å². The van der Waals surface area contributed by atoms with Crippen LogP contribution in [0.5, 0.6) is 0 Å². The number of H-pyrrole nitrogens is 1. The van der Waals surface area contributed by atoms with Crippen molar-refractivity contribution in [1.29, 1.82) is 0 Å². The zero-order valence-electron chi connectivity index (χ0n) is 10.9. The van der Waals surface area contributed by atoms with Crippen LogP contribution in [0.25, 0.3) is 11.0 Å². The Kier molecular flexibility index (Phi) is 3.09. The van der Waals surface area contributed by atoms with E-state index < -0.39 is 0 Å². The normalized spacial score (nSPS) is 19.2. The van der Waals surface area contributed by atoms with Gasteiger partial charge in [0.15, 0.2) is 5.65 Å². The number of likely N-dealkylation sites (tertiary alicyclic amines) is 1. The fourth-order valence-corrected chi connectivity index (χ4v) is 2.60. The molecule has 0 saturated carbocycles. The minimum Gasteiger partial charge on any atom is -0.369 e. The summed E-state index contributed by atoms with van der Waals surface area (Å²) in [6, 6.07) is 1.67. The van der Waals surface area contributed by atoms with Crippen LogP contribution in [0.2, 0.25) is 0 Å². The molecule has 7 nitrogen and oxygen atoms in total. The number of aromatic nitrogens is 3. The Bertz CT molecular complexity index is 666. The third-order valence-electron chi connectivity index (χ3n) is 3.70. The molecule has 0 radical (unpaired) electrons. The summed E-state index contributed by atoms with van der Waals surface area (Å²) in [4.78, 5) is 29.7. The van der Waals surface area contributed by atoms with Crippen LogP contribution >= 0.6 is 0 Å². The first kappa shape index (κ1) is 12.6. The lowest BCUT2D eigenvalue weighted by molar-refractivity contribution is -0.123. The Balaban J connectivity index is 1.88. The van der Waals surface area contributed by atoms with Crippen molar-refractivity contribution in [2.45, 2.75) is 12.8 Å². The van der Waals surface area contributed by atoms with Gasteiger partial charge in [-0.2, -0.15) is 5.10 Å². The molecule has 20 heavy (non-hydrogen) atoms. The minimum atomic E-state index is -0.342. The summed E-state index contributed by atoms with van der Waals surface area (Å²) in [7, 11) is 0. The lowest BCUT2D eigenvalue weighted by atomic mass is 9.97. The maximum Gasteiger partial charge on any atom is 0.254 e. The molecule has 0 bridgehead atoms. The van der Waals surface area contributed by atoms with Crippen LogP contribution in [0.4, 0.5) is 0 Å². The molecule has 2 amide bonds. The summed E-state index contributed by atoms with van der Waals surface area (Å²) in [5, 5.41) is 7.33. The lowest BCUT2D eigenvalue weighted by Gasteiger charge is -2.31. The van der Waals surface area contributed by atoms with Gasteiger partial charge in [0.05, 0.1) is 23.1 Å². The van der Waals surface area contributed by atoms with E-state index in [9.17, 15) is 9.59 Å². The second-order valence-corrected chi connectivity index (χ2v) is 4.98. The van der Waals surface area contributed by atoms with Gasteiger partial charge in [0.2, 0.25) is 5.91 Å². The van der Waals surface area contributed by atoms with Crippen molar-refractivity contribution in [1.82, 2.24) is 20.1 Å². The van der Waals surface area contributed by atoms with Crippen molar-refractivity contribution in [3.05, 3.63) is 24.0 Å². The lowest BCUT2D eigenvalue weighted by Crippen LogP contribution is -2.44. The molecule has 3 rings (SSSR count). The quantitative estimate of drug-likeness (QED) is 0.820.